The summed E-state index contributed by atoms with van der Waals surface area (Å²) in [5, 5.41) is 12.2. The summed E-state index contributed by atoms with van der Waals surface area (Å²) in [4.78, 5) is 0.661. The minimum Gasteiger partial charge on any atom is -0.496 e. The minimum absolute atomic E-state index is 0.339. The van der Waals surface area contributed by atoms with Crippen molar-refractivity contribution in [3.8, 4) is 5.75 Å². The SMILES string of the molecule is COc1csc(C(O)c2cc(F)ccc2Cl)c1. The van der Waals surface area contributed by atoms with Crippen LogP contribution in [0.2, 0.25) is 5.02 Å². The summed E-state index contributed by atoms with van der Waals surface area (Å²) in [7, 11) is 1.55. The Morgan fingerprint density at radius 1 is 1.41 bits per heavy atom. The van der Waals surface area contributed by atoms with Crippen LogP contribution in [0.3, 0.4) is 0 Å². The quantitative estimate of drug-likeness (QED) is 0.924. The maximum atomic E-state index is 13.1. The molecule has 0 fully saturated rings. The summed E-state index contributed by atoms with van der Waals surface area (Å²) < 4.78 is 18.1. The number of aliphatic hydroxyl groups is 1. The predicted molar refractivity (Wildman–Crippen MR) is 66.3 cm³/mol. The molecule has 0 saturated carbocycles. The second-order valence-corrected chi connectivity index (χ2v) is 4.81. The van der Waals surface area contributed by atoms with E-state index in [1.165, 1.54) is 29.5 Å². The van der Waals surface area contributed by atoms with E-state index in [1.807, 2.05) is 0 Å². The van der Waals surface area contributed by atoms with Crippen molar-refractivity contribution in [1.82, 2.24) is 0 Å². The van der Waals surface area contributed by atoms with Gasteiger partial charge in [0.2, 0.25) is 0 Å². The second-order valence-electron chi connectivity index (χ2n) is 3.46. The monoisotopic (exact) mass is 272 g/mol. The van der Waals surface area contributed by atoms with Crippen molar-refractivity contribution in [2.45, 2.75) is 6.10 Å². The van der Waals surface area contributed by atoms with E-state index >= 15 is 0 Å². The zero-order chi connectivity index (χ0) is 12.4. The molecule has 0 aliphatic heterocycles. The van der Waals surface area contributed by atoms with Gasteiger partial charge in [0.15, 0.2) is 0 Å². The van der Waals surface area contributed by atoms with Crippen molar-refractivity contribution < 1.29 is 14.2 Å². The largest absolute Gasteiger partial charge is 0.496 e. The first-order valence-electron chi connectivity index (χ1n) is 4.87. The number of hydrogen-bond donors (Lipinski definition) is 1. The first-order chi connectivity index (χ1) is 8.11. The van der Waals surface area contributed by atoms with E-state index in [9.17, 15) is 9.50 Å². The van der Waals surface area contributed by atoms with E-state index in [1.54, 1.807) is 18.6 Å². The van der Waals surface area contributed by atoms with Gasteiger partial charge >= 0.3 is 0 Å². The number of benzene rings is 1. The Labute approximate surface area is 107 Å². The van der Waals surface area contributed by atoms with Gasteiger partial charge in [-0.05, 0) is 24.3 Å². The first kappa shape index (κ1) is 12.4. The molecule has 1 aromatic carbocycles. The number of ether oxygens (including phenoxy) is 1. The summed E-state index contributed by atoms with van der Waals surface area (Å²) >= 11 is 7.26. The van der Waals surface area contributed by atoms with Gasteiger partial charge in [0.25, 0.3) is 0 Å². The molecule has 17 heavy (non-hydrogen) atoms. The van der Waals surface area contributed by atoms with Crippen LogP contribution < -0.4 is 4.74 Å². The number of rotatable bonds is 3. The van der Waals surface area contributed by atoms with Crippen molar-refractivity contribution in [1.29, 1.82) is 0 Å². The fourth-order valence-electron chi connectivity index (χ4n) is 1.46. The molecular weight excluding hydrogens is 263 g/mol. The Morgan fingerprint density at radius 2 is 2.18 bits per heavy atom. The molecule has 0 amide bonds. The van der Waals surface area contributed by atoms with Gasteiger partial charge in [0, 0.05) is 20.8 Å². The molecule has 0 aliphatic carbocycles. The topological polar surface area (TPSA) is 29.5 Å². The lowest BCUT2D eigenvalue weighted by atomic mass is 10.1. The summed E-state index contributed by atoms with van der Waals surface area (Å²) in [6, 6.07) is 5.63. The van der Waals surface area contributed by atoms with Gasteiger partial charge in [0.05, 0.1) is 7.11 Å². The predicted octanol–water partition coefficient (Wildman–Crippen LogP) is 3.63. The standard InChI is InChI=1S/C12H10ClFO2S/c1-16-8-5-11(17-6-8)12(15)9-4-7(14)2-3-10(9)13/h2-6,12,15H,1H3. The van der Waals surface area contributed by atoms with Gasteiger partial charge in [-0.15, -0.1) is 11.3 Å². The van der Waals surface area contributed by atoms with Gasteiger partial charge < -0.3 is 9.84 Å². The summed E-state index contributed by atoms with van der Waals surface area (Å²) in [5.74, 6) is 0.239. The maximum Gasteiger partial charge on any atom is 0.129 e. The molecule has 0 bridgehead atoms. The Hall–Kier alpha value is -1.10. The average Bonchev–Trinajstić information content (AvgIpc) is 2.80. The Bertz CT molecular complexity index is 527. The van der Waals surface area contributed by atoms with Crippen molar-refractivity contribution >= 4 is 22.9 Å². The molecule has 0 spiro atoms. The highest BCUT2D eigenvalue weighted by molar-refractivity contribution is 7.10. The fraction of sp³-hybridized carbons (Fsp3) is 0.167. The van der Waals surface area contributed by atoms with Crippen molar-refractivity contribution in [3.05, 3.63) is 50.9 Å². The van der Waals surface area contributed by atoms with Crippen LogP contribution in [0.15, 0.2) is 29.6 Å². The van der Waals surface area contributed by atoms with Crippen LogP contribution in [-0.2, 0) is 0 Å². The summed E-state index contributed by atoms with van der Waals surface area (Å²) in [5.41, 5.74) is 0.358. The van der Waals surface area contributed by atoms with E-state index in [4.69, 9.17) is 16.3 Å². The molecule has 0 radical (unpaired) electrons. The highest BCUT2D eigenvalue weighted by atomic mass is 35.5. The van der Waals surface area contributed by atoms with E-state index in [2.05, 4.69) is 0 Å². The van der Waals surface area contributed by atoms with Crippen LogP contribution >= 0.6 is 22.9 Å². The zero-order valence-electron chi connectivity index (χ0n) is 8.98. The highest BCUT2D eigenvalue weighted by Gasteiger charge is 2.17. The van der Waals surface area contributed by atoms with E-state index in [0.717, 1.165) is 0 Å². The van der Waals surface area contributed by atoms with E-state index in [0.29, 0.717) is 21.2 Å². The molecule has 2 rings (SSSR count). The van der Waals surface area contributed by atoms with Crippen LogP contribution in [0.4, 0.5) is 4.39 Å². The number of hydrogen-bond acceptors (Lipinski definition) is 3. The first-order valence-corrected chi connectivity index (χ1v) is 6.13. The van der Waals surface area contributed by atoms with Gasteiger partial charge in [-0.25, -0.2) is 4.39 Å². The third-order valence-electron chi connectivity index (χ3n) is 2.35. The Kier molecular flexibility index (Phi) is 3.66. The van der Waals surface area contributed by atoms with Crippen LogP contribution in [0, 0.1) is 5.82 Å². The molecule has 1 N–H and O–H groups in total. The molecule has 90 valence electrons. The molecular formula is C12H10ClFO2S. The van der Waals surface area contributed by atoms with Gasteiger partial charge in [0.1, 0.15) is 17.7 Å². The third kappa shape index (κ3) is 2.60. The van der Waals surface area contributed by atoms with Crippen LogP contribution in [0.5, 0.6) is 5.75 Å². The van der Waals surface area contributed by atoms with Crippen LogP contribution in [0.25, 0.3) is 0 Å². The minimum atomic E-state index is -0.938. The smallest absolute Gasteiger partial charge is 0.129 e. The van der Waals surface area contributed by atoms with Crippen molar-refractivity contribution in [2.75, 3.05) is 7.11 Å². The van der Waals surface area contributed by atoms with Crippen LogP contribution in [0.1, 0.15) is 16.5 Å². The second kappa shape index (κ2) is 5.04. The molecule has 1 unspecified atom stereocenters. The summed E-state index contributed by atoms with van der Waals surface area (Å²) in [6.45, 7) is 0. The van der Waals surface area contributed by atoms with Gasteiger partial charge in [-0.3, -0.25) is 0 Å². The molecule has 0 saturated heterocycles. The van der Waals surface area contributed by atoms with Crippen molar-refractivity contribution in [2.24, 2.45) is 0 Å². The number of halogens is 2. The normalized spacial score (nSPS) is 12.5. The fourth-order valence-corrected chi connectivity index (χ4v) is 2.54. The molecule has 1 heterocycles. The zero-order valence-corrected chi connectivity index (χ0v) is 10.6. The molecule has 1 aromatic heterocycles. The molecule has 0 aliphatic rings. The maximum absolute atomic E-state index is 13.1. The molecule has 2 aromatic rings. The van der Waals surface area contributed by atoms with Gasteiger partial charge in [-0.2, -0.15) is 0 Å². The van der Waals surface area contributed by atoms with Crippen molar-refractivity contribution in [3.63, 3.8) is 0 Å². The molecule has 5 heteroatoms. The lowest BCUT2D eigenvalue weighted by Gasteiger charge is -2.10. The Balaban J connectivity index is 2.35. The lowest BCUT2D eigenvalue weighted by molar-refractivity contribution is 0.223. The summed E-state index contributed by atoms with van der Waals surface area (Å²) in [6.07, 6.45) is -0.938. The van der Waals surface area contributed by atoms with E-state index in [-0.39, 0.29) is 0 Å². The molecule has 2 nitrogen and oxygen atoms in total. The Morgan fingerprint density at radius 3 is 2.82 bits per heavy atom. The molecule has 1 atom stereocenters. The third-order valence-corrected chi connectivity index (χ3v) is 3.66. The van der Waals surface area contributed by atoms with Gasteiger partial charge in [-0.1, -0.05) is 11.6 Å². The number of thiophene rings is 1. The lowest BCUT2D eigenvalue weighted by Crippen LogP contribution is -1.98. The van der Waals surface area contributed by atoms with E-state index < -0.39 is 11.9 Å². The average molecular weight is 273 g/mol. The number of aliphatic hydroxyl groups excluding tert-OH is 1. The highest BCUT2D eigenvalue weighted by Crippen LogP contribution is 2.34. The van der Waals surface area contributed by atoms with Crippen LogP contribution in [-0.4, -0.2) is 12.2 Å². The number of methoxy groups -OCH3 is 1.